The lowest BCUT2D eigenvalue weighted by molar-refractivity contribution is -0.140. The molecule has 0 spiro atoms. The lowest BCUT2D eigenvalue weighted by Crippen LogP contribution is -2.25. The van der Waals surface area contributed by atoms with Crippen LogP contribution in [0.4, 0.5) is 26.3 Å². The molecule has 0 aromatic heterocycles. The Kier molecular flexibility index (Phi) is 12.6. The smallest absolute Gasteiger partial charge is 0.370 e. The van der Waals surface area contributed by atoms with E-state index in [-0.39, 0.29) is 35.1 Å². The summed E-state index contributed by atoms with van der Waals surface area (Å²) in [7, 11) is -8.27. The van der Waals surface area contributed by atoms with Crippen LogP contribution in [0.2, 0.25) is 0 Å². The molecule has 0 heterocycles. The topological polar surface area (TPSA) is 167 Å². The van der Waals surface area contributed by atoms with Crippen LogP contribution in [0.3, 0.4) is 0 Å². The Morgan fingerprint density at radius 3 is 1.37 bits per heavy atom. The quantitative estimate of drug-likeness (QED) is 0.129. The minimum atomic E-state index is -4.94. The molecule has 0 atom stereocenters. The van der Waals surface area contributed by atoms with Crippen molar-refractivity contribution < 1.29 is 52.8 Å². The maximum absolute atomic E-state index is 13.5. The summed E-state index contributed by atoms with van der Waals surface area (Å²) in [6.45, 7) is 3.22. The molecule has 0 aliphatic heterocycles. The SMILES string of the molecule is CCc1cc(S(=O)(=O)C2CCCC2)c(C(F)(F)F)cc1C(=O)Cl.CCc1cc(S(=O)(=O)C2CCCC2)c(C(F)(F)F)cc1C(=O)N=C(N)N. The van der Waals surface area contributed by atoms with Crippen molar-refractivity contribution in [2.24, 2.45) is 16.5 Å². The van der Waals surface area contributed by atoms with Gasteiger partial charge in [0, 0.05) is 11.1 Å². The Labute approximate surface area is 285 Å². The first kappa shape index (κ1) is 40.3. The summed E-state index contributed by atoms with van der Waals surface area (Å²) in [6, 6.07) is 3.00. The van der Waals surface area contributed by atoms with Crippen LogP contribution in [-0.2, 0) is 44.9 Å². The van der Waals surface area contributed by atoms with Crippen LogP contribution in [0.1, 0.15) is 108 Å². The van der Waals surface area contributed by atoms with Gasteiger partial charge in [-0.2, -0.15) is 31.3 Å². The lowest BCUT2D eigenvalue weighted by Gasteiger charge is -2.19. The van der Waals surface area contributed by atoms with Gasteiger partial charge in [0.15, 0.2) is 25.6 Å². The summed E-state index contributed by atoms with van der Waals surface area (Å²) in [5.41, 5.74) is 7.24. The monoisotopic (exact) mass is 759 g/mol. The number of guanidine groups is 1. The number of rotatable bonds is 8. The number of nitrogens with two attached hydrogens (primary N) is 2. The van der Waals surface area contributed by atoms with Crippen LogP contribution in [0, 0.1) is 0 Å². The number of aliphatic imine (C=N–C) groups is 1. The van der Waals surface area contributed by atoms with Crippen molar-refractivity contribution >= 4 is 48.4 Å². The first-order chi connectivity index (χ1) is 22.6. The number of benzene rings is 2. The van der Waals surface area contributed by atoms with E-state index in [1.165, 1.54) is 0 Å². The molecular formula is C31H36ClF6N3O6S2. The lowest BCUT2D eigenvalue weighted by atomic mass is 10.0. The molecule has 4 rings (SSSR count). The van der Waals surface area contributed by atoms with E-state index in [1.54, 1.807) is 13.8 Å². The van der Waals surface area contributed by atoms with E-state index in [0.29, 0.717) is 63.5 Å². The van der Waals surface area contributed by atoms with Gasteiger partial charge in [-0.15, -0.1) is 0 Å². The van der Waals surface area contributed by atoms with Crippen LogP contribution in [0.25, 0.3) is 0 Å². The van der Waals surface area contributed by atoms with Crippen LogP contribution < -0.4 is 11.5 Å². The molecule has 2 aromatic carbocycles. The molecule has 2 fully saturated rings. The summed E-state index contributed by atoms with van der Waals surface area (Å²) < 4.78 is 131. The molecule has 272 valence electrons. The number of hydrogen-bond acceptors (Lipinski definition) is 6. The Balaban J connectivity index is 0.000000267. The second-order valence-electron chi connectivity index (χ2n) is 11.7. The molecule has 0 unspecified atom stereocenters. The van der Waals surface area contributed by atoms with Gasteiger partial charge in [-0.3, -0.25) is 9.59 Å². The molecule has 2 aliphatic rings. The highest BCUT2D eigenvalue weighted by Crippen LogP contribution is 2.41. The van der Waals surface area contributed by atoms with Crippen molar-refractivity contribution in [2.75, 3.05) is 0 Å². The standard InChI is InChI=1S/C16H20F3N3O3S.C15H16ClF3O3S/c1-2-9-7-13(26(24,25)10-5-3-4-6-10)12(16(17,18)19)8-11(9)14(23)22-15(20)21;1-2-9-7-13(23(21,22)10-5-3-4-6-10)12(15(17,18)19)8-11(9)14(16)20/h7-8,10H,2-6H2,1H3,(H4,20,21,22,23);7-8,10H,2-6H2,1H3. The number of sulfone groups is 2. The first-order valence-corrected chi connectivity index (χ1v) is 18.8. The van der Waals surface area contributed by atoms with E-state index in [4.69, 9.17) is 23.1 Å². The Bertz CT molecular complexity index is 1830. The number of amides is 1. The fraction of sp³-hybridized carbons (Fsp3) is 0.516. The molecular weight excluding hydrogens is 724 g/mol. The normalized spacial score (nSPS) is 16.3. The van der Waals surface area contributed by atoms with Crippen LogP contribution in [0.15, 0.2) is 39.0 Å². The largest absolute Gasteiger partial charge is 0.417 e. The van der Waals surface area contributed by atoms with Crippen molar-refractivity contribution in [1.29, 1.82) is 0 Å². The number of carbonyl (C=O) groups is 2. The molecule has 2 aliphatic carbocycles. The second kappa shape index (κ2) is 15.4. The molecule has 18 heteroatoms. The van der Waals surface area contributed by atoms with E-state index in [2.05, 4.69) is 4.99 Å². The highest BCUT2D eigenvalue weighted by molar-refractivity contribution is 7.92. The predicted octanol–water partition coefficient (Wildman–Crippen LogP) is 6.76. The molecule has 0 saturated heterocycles. The van der Waals surface area contributed by atoms with Crippen molar-refractivity contribution in [3.8, 4) is 0 Å². The maximum atomic E-state index is 13.5. The van der Waals surface area contributed by atoms with Crippen LogP contribution in [-0.4, -0.2) is 44.4 Å². The van der Waals surface area contributed by atoms with E-state index in [0.717, 1.165) is 12.1 Å². The fourth-order valence-corrected chi connectivity index (χ4v) is 10.4. The van der Waals surface area contributed by atoms with Gasteiger partial charge in [-0.1, -0.05) is 39.5 Å². The summed E-state index contributed by atoms with van der Waals surface area (Å²) in [5, 5.41) is -2.67. The highest BCUT2D eigenvalue weighted by Gasteiger charge is 2.43. The van der Waals surface area contributed by atoms with Gasteiger partial charge >= 0.3 is 12.4 Å². The zero-order chi connectivity index (χ0) is 37.1. The van der Waals surface area contributed by atoms with Gasteiger partial charge in [0.1, 0.15) is 0 Å². The predicted molar refractivity (Wildman–Crippen MR) is 171 cm³/mol. The molecule has 49 heavy (non-hydrogen) atoms. The average molecular weight is 760 g/mol. The summed E-state index contributed by atoms with van der Waals surface area (Å²) >= 11 is 5.35. The maximum Gasteiger partial charge on any atom is 0.417 e. The molecule has 2 saturated carbocycles. The highest BCUT2D eigenvalue weighted by atomic mass is 35.5. The number of halogens is 7. The van der Waals surface area contributed by atoms with Crippen molar-refractivity contribution in [2.45, 2.75) is 111 Å². The van der Waals surface area contributed by atoms with Gasteiger partial charge in [-0.05, 0) is 85.5 Å². The molecule has 2 aromatic rings. The van der Waals surface area contributed by atoms with Crippen LogP contribution >= 0.6 is 11.6 Å². The number of hydrogen-bond donors (Lipinski definition) is 2. The van der Waals surface area contributed by atoms with Gasteiger partial charge in [0.2, 0.25) is 0 Å². The number of alkyl halides is 6. The first-order valence-electron chi connectivity index (χ1n) is 15.4. The Morgan fingerprint density at radius 1 is 0.714 bits per heavy atom. The summed E-state index contributed by atoms with van der Waals surface area (Å²) in [5.74, 6) is -1.63. The molecule has 0 bridgehead atoms. The van der Waals surface area contributed by atoms with Crippen molar-refractivity contribution in [3.63, 3.8) is 0 Å². The minimum Gasteiger partial charge on any atom is -0.370 e. The molecule has 1 amide bonds. The third-order valence-corrected chi connectivity index (χ3v) is 13.4. The Morgan fingerprint density at radius 2 is 1.06 bits per heavy atom. The van der Waals surface area contributed by atoms with E-state index in [1.807, 2.05) is 0 Å². The summed E-state index contributed by atoms with van der Waals surface area (Å²) in [6.07, 6.45) is -5.41. The van der Waals surface area contributed by atoms with Gasteiger partial charge in [0.25, 0.3) is 11.1 Å². The van der Waals surface area contributed by atoms with Gasteiger partial charge in [0.05, 0.1) is 31.4 Å². The molecule has 9 nitrogen and oxygen atoms in total. The third kappa shape index (κ3) is 9.14. The molecule has 4 N–H and O–H groups in total. The second-order valence-corrected chi connectivity index (χ2v) is 16.5. The molecule has 0 radical (unpaired) electrons. The zero-order valence-electron chi connectivity index (χ0n) is 26.5. The fourth-order valence-electron chi connectivity index (χ4n) is 6.06. The minimum absolute atomic E-state index is 0.143. The van der Waals surface area contributed by atoms with Gasteiger partial charge < -0.3 is 11.5 Å². The van der Waals surface area contributed by atoms with Crippen molar-refractivity contribution in [1.82, 2.24) is 0 Å². The van der Waals surface area contributed by atoms with E-state index < -0.39 is 80.6 Å². The third-order valence-electron chi connectivity index (χ3n) is 8.55. The van der Waals surface area contributed by atoms with Crippen molar-refractivity contribution in [3.05, 3.63) is 57.6 Å². The zero-order valence-corrected chi connectivity index (χ0v) is 28.9. The number of nitrogens with zero attached hydrogens (tertiary/aromatic N) is 1. The number of carbonyl (C=O) groups excluding carboxylic acids is 2. The van der Waals surface area contributed by atoms with E-state index >= 15 is 0 Å². The number of aryl methyl sites for hydroxylation is 2. The van der Waals surface area contributed by atoms with E-state index in [9.17, 15) is 52.8 Å². The Hall–Kier alpha value is -3.18. The van der Waals surface area contributed by atoms with Gasteiger partial charge in [-0.25, -0.2) is 16.8 Å². The average Bonchev–Trinajstić information content (AvgIpc) is 3.75. The van der Waals surface area contributed by atoms with Crippen LogP contribution in [0.5, 0.6) is 0 Å². The summed E-state index contributed by atoms with van der Waals surface area (Å²) in [4.78, 5) is 25.2.